The van der Waals surface area contributed by atoms with E-state index in [0.29, 0.717) is 0 Å². The minimum Gasteiger partial charge on any atom is -0.346 e. The first kappa shape index (κ1) is 14.0. The van der Waals surface area contributed by atoms with Gasteiger partial charge in [0, 0.05) is 6.92 Å². The molecule has 1 aliphatic rings. The topological polar surface area (TPSA) is 29.5 Å². The van der Waals surface area contributed by atoms with Crippen LogP contribution >= 0.6 is 0 Å². The average Bonchev–Trinajstić information content (AvgIpc) is 2.61. The molecule has 0 N–H and O–H groups in total. The van der Waals surface area contributed by atoms with Crippen molar-refractivity contribution in [1.82, 2.24) is 4.90 Å². The van der Waals surface area contributed by atoms with Crippen molar-refractivity contribution in [2.45, 2.75) is 45.6 Å². The van der Waals surface area contributed by atoms with Crippen LogP contribution in [0.25, 0.3) is 0 Å². The van der Waals surface area contributed by atoms with Gasteiger partial charge >= 0.3 is 0 Å². The molecule has 0 unspecified atom stereocenters. The fraction of sp³-hybridized carbons (Fsp3) is 0.533. The number of carbonyl (C=O) groups excluding carboxylic acids is 1. The predicted octanol–water partition coefficient (Wildman–Crippen LogP) is 2.99. The summed E-state index contributed by atoms with van der Waals surface area (Å²) in [5.41, 5.74) is 1.27. The third kappa shape index (κ3) is 2.50. The van der Waals surface area contributed by atoms with E-state index >= 15 is 0 Å². The van der Waals surface area contributed by atoms with Crippen molar-refractivity contribution in [2.24, 2.45) is 0 Å². The molecule has 1 amide bonds. The van der Waals surface area contributed by atoms with Crippen LogP contribution in [0.3, 0.4) is 0 Å². The summed E-state index contributed by atoms with van der Waals surface area (Å²) in [6.45, 7) is 6.43. The Morgan fingerprint density at radius 1 is 1.37 bits per heavy atom. The van der Waals surface area contributed by atoms with Gasteiger partial charge in [0.25, 0.3) is 0 Å². The van der Waals surface area contributed by atoms with E-state index in [2.05, 4.69) is 0 Å². The van der Waals surface area contributed by atoms with Gasteiger partial charge in [-0.3, -0.25) is 4.79 Å². The Morgan fingerprint density at radius 2 is 1.95 bits per heavy atom. The second-order valence-corrected chi connectivity index (χ2v) is 5.51. The van der Waals surface area contributed by atoms with Crippen molar-refractivity contribution in [3.8, 4) is 0 Å². The van der Waals surface area contributed by atoms with Gasteiger partial charge in [-0.2, -0.15) is 0 Å². The molecule has 1 aliphatic heterocycles. The van der Waals surface area contributed by atoms with E-state index in [1.807, 2.05) is 31.2 Å². The summed E-state index contributed by atoms with van der Waals surface area (Å²) < 4.78 is 19.3. The Kier molecular flexibility index (Phi) is 3.63. The summed E-state index contributed by atoms with van der Waals surface area (Å²) in [5, 5.41) is 0. The third-order valence-electron chi connectivity index (χ3n) is 3.58. The SMILES string of the molecule is CC(=O)N1[C@H](CF)[C@@H](c2ccc(C)cc2)OC1(C)C. The Hall–Kier alpha value is -1.42. The summed E-state index contributed by atoms with van der Waals surface area (Å²) in [5.74, 6) is -0.165. The van der Waals surface area contributed by atoms with Crippen LogP contribution in [-0.2, 0) is 9.53 Å². The molecule has 1 fully saturated rings. The molecule has 1 saturated heterocycles. The first-order chi connectivity index (χ1) is 8.86. The van der Waals surface area contributed by atoms with E-state index in [0.717, 1.165) is 11.1 Å². The second-order valence-electron chi connectivity index (χ2n) is 5.51. The normalized spacial score (nSPS) is 25.6. The maximum atomic E-state index is 13.4. The van der Waals surface area contributed by atoms with Crippen molar-refractivity contribution in [3.63, 3.8) is 0 Å². The van der Waals surface area contributed by atoms with Crippen molar-refractivity contribution in [3.05, 3.63) is 35.4 Å². The van der Waals surface area contributed by atoms with E-state index in [4.69, 9.17) is 4.74 Å². The molecule has 0 radical (unpaired) electrons. The Labute approximate surface area is 113 Å². The van der Waals surface area contributed by atoms with E-state index < -0.39 is 24.5 Å². The molecule has 0 bridgehead atoms. The Balaban J connectivity index is 2.36. The maximum Gasteiger partial charge on any atom is 0.222 e. The van der Waals surface area contributed by atoms with Gasteiger partial charge in [-0.25, -0.2) is 4.39 Å². The van der Waals surface area contributed by atoms with Crippen LogP contribution < -0.4 is 0 Å². The molecule has 4 heteroatoms. The van der Waals surface area contributed by atoms with Crippen LogP contribution in [-0.4, -0.2) is 29.2 Å². The second kappa shape index (κ2) is 4.93. The maximum absolute atomic E-state index is 13.4. The largest absolute Gasteiger partial charge is 0.346 e. The molecular weight excluding hydrogens is 245 g/mol. The number of halogens is 1. The standard InChI is InChI=1S/C15H20FNO2/c1-10-5-7-12(8-6-10)14-13(9-16)17(11(2)18)15(3,4)19-14/h5-8,13-14H,9H2,1-4H3/t13-,14-/m1/s1. The van der Waals surface area contributed by atoms with Crippen LogP contribution in [0.2, 0.25) is 0 Å². The number of ether oxygens (including phenoxy) is 1. The predicted molar refractivity (Wildman–Crippen MR) is 71.4 cm³/mol. The molecule has 19 heavy (non-hydrogen) atoms. The first-order valence-electron chi connectivity index (χ1n) is 6.47. The van der Waals surface area contributed by atoms with E-state index in [1.54, 1.807) is 13.8 Å². The van der Waals surface area contributed by atoms with E-state index in [1.165, 1.54) is 11.8 Å². The summed E-state index contributed by atoms with van der Waals surface area (Å²) >= 11 is 0. The fourth-order valence-electron chi connectivity index (χ4n) is 2.79. The van der Waals surface area contributed by atoms with Gasteiger partial charge in [0.15, 0.2) is 0 Å². The molecule has 0 saturated carbocycles. The summed E-state index contributed by atoms with van der Waals surface area (Å²) in [7, 11) is 0. The van der Waals surface area contributed by atoms with Crippen LogP contribution in [0.4, 0.5) is 4.39 Å². The van der Waals surface area contributed by atoms with Gasteiger partial charge in [0.1, 0.15) is 18.5 Å². The Morgan fingerprint density at radius 3 is 2.42 bits per heavy atom. The van der Waals surface area contributed by atoms with Gasteiger partial charge in [-0.15, -0.1) is 0 Å². The zero-order chi connectivity index (χ0) is 14.2. The lowest BCUT2D eigenvalue weighted by Crippen LogP contribution is -2.47. The van der Waals surface area contributed by atoms with Crippen molar-refractivity contribution >= 4 is 5.91 Å². The molecule has 2 rings (SSSR count). The lowest BCUT2D eigenvalue weighted by Gasteiger charge is -2.31. The number of rotatable bonds is 2. The summed E-state index contributed by atoms with van der Waals surface area (Å²) in [4.78, 5) is 13.2. The number of amides is 1. The van der Waals surface area contributed by atoms with Crippen molar-refractivity contribution in [1.29, 1.82) is 0 Å². The van der Waals surface area contributed by atoms with Crippen molar-refractivity contribution in [2.75, 3.05) is 6.67 Å². The number of hydrogen-bond donors (Lipinski definition) is 0. The monoisotopic (exact) mass is 265 g/mol. The molecule has 1 aromatic carbocycles. The Bertz CT molecular complexity index is 470. The number of aryl methyl sites for hydroxylation is 1. The fourth-order valence-corrected chi connectivity index (χ4v) is 2.79. The van der Waals surface area contributed by atoms with Gasteiger partial charge in [0.05, 0.1) is 6.04 Å². The van der Waals surface area contributed by atoms with E-state index in [9.17, 15) is 9.18 Å². The number of hydrogen-bond acceptors (Lipinski definition) is 2. The molecule has 0 aromatic heterocycles. The van der Waals surface area contributed by atoms with Crippen LogP contribution in [0.5, 0.6) is 0 Å². The van der Waals surface area contributed by atoms with Crippen molar-refractivity contribution < 1.29 is 13.9 Å². The van der Waals surface area contributed by atoms with Crippen LogP contribution in [0.15, 0.2) is 24.3 Å². The number of alkyl halides is 1. The minimum absolute atomic E-state index is 0.165. The highest BCUT2D eigenvalue weighted by molar-refractivity contribution is 5.74. The number of benzene rings is 1. The van der Waals surface area contributed by atoms with Gasteiger partial charge in [0.2, 0.25) is 5.91 Å². The molecule has 0 spiro atoms. The highest BCUT2D eigenvalue weighted by atomic mass is 19.1. The quantitative estimate of drug-likeness (QED) is 0.822. The highest BCUT2D eigenvalue weighted by Crippen LogP contribution is 2.41. The van der Waals surface area contributed by atoms with Crippen LogP contribution in [0.1, 0.15) is 38.0 Å². The highest BCUT2D eigenvalue weighted by Gasteiger charge is 2.49. The molecule has 1 aromatic rings. The molecule has 1 heterocycles. The lowest BCUT2D eigenvalue weighted by atomic mass is 10.0. The molecule has 3 nitrogen and oxygen atoms in total. The zero-order valence-corrected chi connectivity index (χ0v) is 11.8. The third-order valence-corrected chi connectivity index (χ3v) is 3.58. The first-order valence-corrected chi connectivity index (χ1v) is 6.47. The van der Waals surface area contributed by atoms with Gasteiger partial charge in [-0.05, 0) is 26.3 Å². The number of nitrogens with zero attached hydrogens (tertiary/aromatic N) is 1. The van der Waals surface area contributed by atoms with Gasteiger partial charge < -0.3 is 9.64 Å². The minimum atomic E-state index is -0.780. The van der Waals surface area contributed by atoms with Crippen LogP contribution in [0, 0.1) is 6.92 Å². The molecule has 2 atom stereocenters. The number of carbonyl (C=O) groups is 1. The smallest absolute Gasteiger partial charge is 0.222 e. The molecule has 104 valence electrons. The van der Waals surface area contributed by atoms with Gasteiger partial charge in [-0.1, -0.05) is 29.8 Å². The average molecular weight is 265 g/mol. The molecule has 0 aliphatic carbocycles. The zero-order valence-electron chi connectivity index (χ0n) is 11.8. The summed E-state index contributed by atoms with van der Waals surface area (Å²) in [6.07, 6.45) is -0.413. The molecular formula is C15H20FNO2. The summed E-state index contributed by atoms with van der Waals surface area (Å²) in [6, 6.07) is 7.25. The lowest BCUT2D eigenvalue weighted by molar-refractivity contribution is -0.145. The van der Waals surface area contributed by atoms with E-state index in [-0.39, 0.29) is 5.91 Å².